The quantitative estimate of drug-likeness (QED) is 0.553. The average Bonchev–Trinajstić information content (AvgIpc) is 2.87. The maximum Gasteiger partial charge on any atom is 0.102 e. The van der Waals surface area contributed by atoms with E-state index in [-0.39, 0.29) is 33.4 Å². The van der Waals surface area contributed by atoms with Crippen molar-refractivity contribution in [2.24, 2.45) is 0 Å². The van der Waals surface area contributed by atoms with Gasteiger partial charge in [0.05, 0.1) is 33.4 Å². The molecule has 6 nitrogen and oxygen atoms in total. The minimum atomic E-state index is -1.59. The molecule has 0 aromatic heterocycles. The SMILES string of the molecule is Cc1ccc(P(c2ccc(C#N)c(C#N)c2C#N)c2ccc(C#N)c(C#N)c2C#N)c(C)c1C. The third-order valence-corrected chi connectivity index (χ3v) is 8.48. The Labute approximate surface area is 199 Å². The van der Waals surface area contributed by atoms with Crippen LogP contribution in [0, 0.1) is 88.8 Å². The Morgan fingerprint density at radius 3 is 1.26 bits per heavy atom. The predicted octanol–water partition coefficient (Wildman–Crippen LogP) is 3.60. The van der Waals surface area contributed by atoms with Crippen LogP contribution in [-0.2, 0) is 0 Å². The summed E-state index contributed by atoms with van der Waals surface area (Å²) in [4.78, 5) is 0. The van der Waals surface area contributed by atoms with Gasteiger partial charge in [-0.15, -0.1) is 0 Å². The predicted molar refractivity (Wildman–Crippen MR) is 128 cm³/mol. The Morgan fingerprint density at radius 2 is 0.882 bits per heavy atom. The van der Waals surface area contributed by atoms with E-state index in [2.05, 4.69) is 12.1 Å². The summed E-state index contributed by atoms with van der Waals surface area (Å²) in [6.07, 6.45) is 0. The number of benzene rings is 3. The fourth-order valence-corrected chi connectivity index (χ4v) is 6.50. The zero-order chi connectivity index (χ0) is 25.0. The van der Waals surface area contributed by atoms with Gasteiger partial charge in [-0.25, -0.2) is 0 Å². The van der Waals surface area contributed by atoms with E-state index in [0.717, 1.165) is 22.0 Å². The fourth-order valence-electron chi connectivity index (χ4n) is 3.77. The molecule has 0 spiro atoms. The Balaban J connectivity index is 2.56. The first kappa shape index (κ1) is 23.7. The maximum absolute atomic E-state index is 10.0. The first-order valence-corrected chi connectivity index (χ1v) is 11.3. The zero-order valence-electron chi connectivity index (χ0n) is 18.6. The van der Waals surface area contributed by atoms with Gasteiger partial charge in [-0.2, -0.15) is 31.6 Å². The highest BCUT2D eigenvalue weighted by atomic mass is 31.1. The largest absolute Gasteiger partial charge is 0.192 e. The first-order chi connectivity index (χ1) is 16.4. The molecule has 0 saturated carbocycles. The van der Waals surface area contributed by atoms with E-state index in [1.54, 1.807) is 12.1 Å². The number of nitriles is 6. The molecule has 3 rings (SSSR count). The van der Waals surface area contributed by atoms with Crippen molar-refractivity contribution in [1.29, 1.82) is 31.6 Å². The van der Waals surface area contributed by atoms with Crippen LogP contribution in [0.15, 0.2) is 36.4 Å². The second-order valence-corrected chi connectivity index (χ2v) is 9.54. The molecule has 0 radical (unpaired) electrons. The Kier molecular flexibility index (Phi) is 6.73. The van der Waals surface area contributed by atoms with Crippen molar-refractivity contribution in [3.63, 3.8) is 0 Å². The summed E-state index contributed by atoms with van der Waals surface area (Å²) in [5.74, 6) is 0. The fraction of sp³-hybridized carbons (Fsp3) is 0.111. The highest BCUT2D eigenvalue weighted by molar-refractivity contribution is 7.80. The van der Waals surface area contributed by atoms with E-state index in [4.69, 9.17) is 0 Å². The zero-order valence-corrected chi connectivity index (χ0v) is 19.5. The summed E-state index contributed by atoms with van der Waals surface area (Å²) in [5, 5.41) is 60.2. The summed E-state index contributed by atoms with van der Waals surface area (Å²) in [6.45, 7) is 5.92. The van der Waals surface area contributed by atoms with Crippen molar-refractivity contribution in [3.05, 3.63) is 86.5 Å². The minimum absolute atomic E-state index is 0.0239. The van der Waals surface area contributed by atoms with Gasteiger partial charge in [-0.05, 0) is 62.8 Å². The van der Waals surface area contributed by atoms with Crippen molar-refractivity contribution in [2.75, 3.05) is 0 Å². The van der Waals surface area contributed by atoms with Gasteiger partial charge >= 0.3 is 0 Å². The molecule has 0 saturated heterocycles. The highest BCUT2D eigenvalue weighted by Crippen LogP contribution is 2.39. The molecule has 0 atom stereocenters. The Morgan fingerprint density at radius 1 is 0.471 bits per heavy atom. The van der Waals surface area contributed by atoms with Crippen molar-refractivity contribution in [3.8, 4) is 36.4 Å². The van der Waals surface area contributed by atoms with E-state index in [0.29, 0.717) is 10.6 Å². The molecule has 0 aliphatic rings. The molecule has 0 bridgehead atoms. The van der Waals surface area contributed by atoms with Crippen LogP contribution in [-0.4, -0.2) is 0 Å². The summed E-state index contributed by atoms with van der Waals surface area (Å²) >= 11 is 0. The van der Waals surface area contributed by atoms with Crippen molar-refractivity contribution in [1.82, 2.24) is 0 Å². The third-order valence-electron chi connectivity index (χ3n) is 5.81. The molecule has 34 heavy (non-hydrogen) atoms. The van der Waals surface area contributed by atoms with Crippen molar-refractivity contribution >= 4 is 23.8 Å². The van der Waals surface area contributed by atoms with Gasteiger partial charge in [0.15, 0.2) is 0 Å². The molecule has 3 aromatic carbocycles. The van der Waals surface area contributed by atoms with Crippen molar-refractivity contribution in [2.45, 2.75) is 20.8 Å². The normalized spacial score (nSPS) is 9.71. The molecule has 0 fully saturated rings. The number of aryl methyl sites for hydroxylation is 1. The van der Waals surface area contributed by atoms with Crippen molar-refractivity contribution < 1.29 is 0 Å². The number of nitrogens with zero attached hydrogens (tertiary/aromatic N) is 6. The molecule has 0 N–H and O–H groups in total. The van der Waals surface area contributed by atoms with Gasteiger partial charge in [0.25, 0.3) is 0 Å². The van der Waals surface area contributed by atoms with Crippen LogP contribution in [0.3, 0.4) is 0 Å². The Hall–Kier alpha value is -4.97. The lowest BCUT2D eigenvalue weighted by Gasteiger charge is -2.25. The molecule has 0 aliphatic carbocycles. The molecular formula is C27H15N6P. The summed E-state index contributed by atoms with van der Waals surface area (Å²) in [7, 11) is -1.59. The monoisotopic (exact) mass is 454 g/mol. The maximum atomic E-state index is 10.0. The van der Waals surface area contributed by atoms with Gasteiger partial charge in [0, 0.05) is 10.6 Å². The molecule has 0 aliphatic heterocycles. The molecule has 0 amide bonds. The van der Waals surface area contributed by atoms with E-state index in [1.165, 1.54) is 12.1 Å². The van der Waals surface area contributed by atoms with Crippen LogP contribution in [0.4, 0.5) is 0 Å². The molecule has 158 valence electrons. The van der Waals surface area contributed by atoms with Crippen LogP contribution < -0.4 is 15.9 Å². The molecular weight excluding hydrogens is 439 g/mol. The lowest BCUT2D eigenvalue weighted by molar-refractivity contribution is 1.28. The van der Waals surface area contributed by atoms with E-state index >= 15 is 0 Å². The van der Waals surface area contributed by atoms with E-state index in [9.17, 15) is 31.6 Å². The topological polar surface area (TPSA) is 143 Å². The number of hydrogen-bond donors (Lipinski definition) is 0. The number of hydrogen-bond acceptors (Lipinski definition) is 6. The second kappa shape index (κ2) is 9.67. The van der Waals surface area contributed by atoms with E-state index < -0.39 is 7.92 Å². The Bertz CT molecular complexity index is 1510. The van der Waals surface area contributed by atoms with Gasteiger partial charge in [0.2, 0.25) is 0 Å². The van der Waals surface area contributed by atoms with E-state index in [1.807, 2.05) is 57.2 Å². The van der Waals surface area contributed by atoms with Crippen LogP contribution in [0.25, 0.3) is 0 Å². The summed E-state index contributed by atoms with van der Waals surface area (Å²) in [6, 6.07) is 22.2. The lowest BCUT2D eigenvalue weighted by Crippen LogP contribution is -2.28. The van der Waals surface area contributed by atoms with Crippen LogP contribution in [0.1, 0.15) is 50.1 Å². The first-order valence-electron chi connectivity index (χ1n) is 9.99. The minimum Gasteiger partial charge on any atom is -0.192 e. The lowest BCUT2D eigenvalue weighted by atomic mass is 10.0. The molecule has 0 heterocycles. The van der Waals surface area contributed by atoms with Crippen LogP contribution in [0.2, 0.25) is 0 Å². The summed E-state index contributed by atoms with van der Waals surface area (Å²) < 4.78 is 0. The smallest absolute Gasteiger partial charge is 0.102 e. The van der Waals surface area contributed by atoms with Gasteiger partial charge < -0.3 is 0 Å². The third kappa shape index (κ3) is 3.73. The number of rotatable bonds is 3. The van der Waals surface area contributed by atoms with Gasteiger partial charge in [0.1, 0.15) is 36.4 Å². The standard InChI is InChI=1S/C27H15N6P/c1-16-4-7-25(18(3)17(16)2)34(26-8-5-19(10-28)21(12-30)23(26)14-32)27-9-6-20(11-29)22(13-31)24(27)15-33/h4-9H,1-3H3. The van der Waals surface area contributed by atoms with Crippen LogP contribution in [0.5, 0.6) is 0 Å². The summed E-state index contributed by atoms with van der Waals surface area (Å²) in [5.41, 5.74) is 3.35. The van der Waals surface area contributed by atoms with Gasteiger partial charge in [-0.3, -0.25) is 0 Å². The highest BCUT2D eigenvalue weighted by Gasteiger charge is 2.29. The molecule has 0 unspecified atom stereocenters. The average molecular weight is 454 g/mol. The molecule has 7 heteroatoms. The second-order valence-electron chi connectivity index (χ2n) is 7.42. The van der Waals surface area contributed by atoms with Gasteiger partial charge in [-0.1, -0.05) is 24.3 Å². The van der Waals surface area contributed by atoms with Crippen LogP contribution >= 0.6 is 7.92 Å². The molecule has 3 aromatic rings.